The van der Waals surface area contributed by atoms with Gasteiger partial charge in [-0.1, -0.05) is 42.5 Å². The molecule has 2 amide bonds. The second-order valence-electron chi connectivity index (χ2n) is 6.20. The molecular weight excluding hydrogens is 398 g/mol. The van der Waals surface area contributed by atoms with E-state index >= 15 is 0 Å². The highest BCUT2D eigenvalue weighted by Gasteiger charge is 2.16. The average molecular weight is 420 g/mol. The largest absolute Gasteiger partial charge is 0.493 e. The minimum Gasteiger partial charge on any atom is -0.493 e. The van der Waals surface area contributed by atoms with Crippen molar-refractivity contribution in [1.82, 2.24) is 5.32 Å². The predicted octanol–water partition coefficient (Wildman–Crippen LogP) is 4.46. The van der Waals surface area contributed by atoms with Crippen molar-refractivity contribution < 1.29 is 14.3 Å². The predicted molar refractivity (Wildman–Crippen MR) is 122 cm³/mol. The molecule has 152 valence electrons. The Morgan fingerprint density at radius 2 is 1.43 bits per heavy atom. The van der Waals surface area contributed by atoms with Crippen LogP contribution in [-0.4, -0.2) is 23.5 Å². The van der Waals surface area contributed by atoms with E-state index in [4.69, 9.17) is 17.0 Å². The Morgan fingerprint density at radius 1 is 0.800 bits per heavy atom. The maximum absolute atomic E-state index is 12.7. The lowest BCUT2D eigenvalue weighted by atomic mass is 10.1. The minimum absolute atomic E-state index is 0.0752. The molecule has 0 atom stereocenters. The third-order valence-electron chi connectivity index (χ3n) is 4.11. The molecule has 0 bridgehead atoms. The first-order chi connectivity index (χ1) is 14.6. The number of hydrogen-bond donors (Lipinski definition) is 3. The Kier molecular flexibility index (Phi) is 7.13. The third kappa shape index (κ3) is 5.42. The molecule has 0 aliphatic rings. The van der Waals surface area contributed by atoms with E-state index in [1.54, 1.807) is 60.7 Å². The van der Waals surface area contributed by atoms with Crippen molar-refractivity contribution in [3.63, 3.8) is 0 Å². The molecule has 0 heterocycles. The molecule has 0 spiro atoms. The topological polar surface area (TPSA) is 79.5 Å². The molecule has 30 heavy (non-hydrogen) atoms. The molecule has 0 aliphatic heterocycles. The Morgan fingerprint density at radius 3 is 2.17 bits per heavy atom. The van der Waals surface area contributed by atoms with Gasteiger partial charge in [0, 0.05) is 5.69 Å². The summed E-state index contributed by atoms with van der Waals surface area (Å²) in [6, 6.07) is 23.0. The van der Waals surface area contributed by atoms with Gasteiger partial charge < -0.3 is 15.4 Å². The molecule has 0 aromatic heterocycles. The van der Waals surface area contributed by atoms with Crippen LogP contribution in [0.5, 0.6) is 5.75 Å². The van der Waals surface area contributed by atoms with Gasteiger partial charge in [-0.25, -0.2) is 0 Å². The van der Waals surface area contributed by atoms with Crippen LogP contribution in [0.1, 0.15) is 27.6 Å². The number of carbonyl (C=O) groups excluding carboxylic acids is 2. The number of benzene rings is 3. The molecule has 0 unspecified atom stereocenters. The Hall–Kier alpha value is -3.71. The zero-order chi connectivity index (χ0) is 21.3. The number of nitrogens with one attached hydrogen (secondary N) is 3. The van der Waals surface area contributed by atoms with Gasteiger partial charge in [-0.05, 0) is 55.5 Å². The van der Waals surface area contributed by atoms with Crippen molar-refractivity contribution >= 4 is 40.5 Å². The van der Waals surface area contributed by atoms with E-state index in [-0.39, 0.29) is 11.0 Å². The number of anilines is 2. The summed E-state index contributed by atoms with van der Waals surface area (Å²) in [5.74, 6) is -0.217. The fourth-order valence-electron chi connectivity index (χ4n) is 2.77. The van der Waals surface area contributed by atoms with E-state index in [9.17, 15) is 9.59 Å². The van der Waals surface area contributed by atoms with E-state index in [1.165, 1.54) is 0 Å². The van der Waals surface area contributed by atoms with Crippen LogP contribution >= 0.6 is 12.2 Å². The summed E-state index contributed by atoms with van der Waals surface area (Å²) in [5.41, 5.74) is 1.93. The fraction of sp³-hybridized carbons (Fsp3) is 0.0870. The summed E-state index contributed by atoms with van der Waals surface area (Å²) >= 11 is 5.28. The number of hydrogen-bond acceptors (Lipinski definition) is 4. The van der Waals surface area contributed by atoms with Gasteiger partial charge in [-0.15, -0.1) is 0 Å². The molecule has 3 aromatic rings. The Balaban J connectivity index is 1.70. The number of carbonyl (C=O) groups is 2. The van der Waals surface area contributed by atoms with Crippen LogP contribution < -0.4 is 20.7 Å². The molecule has 6 nitrogen and oxygen atoms in total. The monoisotopic (exact) mass is 419 g/mol. The highest BCUT2D eigenvalue weighted by atomic mass is 32.1. The zero-order valence-corrected chi connectivity index (χ0v) is 17.2. The fourth-order valence-corrected chi connectivity index (χ4v) is 2.97. The van der Waals surface area contributed by atoms with Gasteiger partial charge in [0.15, 0.2) is 5.11 Å². The lowest BCUT2D eigenvalue weighted by Gasteiger charge is -2.14. The van der Waals surface area contributed by atoms with Gasteiger partial charge in [-0.2, -0.15) is 0 Å². The highest BCUT2D eigenvalue weighted by molar-refractivity contribution is 7.80. The van der Waals surface area contributed by atoms with Crippen LogP contribution in [0, 0.1) is 0 Å². The number of rotatable bonds is 6. The van der Waals surface area contributed by atoms with Crippen LogP contribution in [0.3, 0.4) is 0 Å². The lowest BCUT2D eigenvalue weighted by Crippen LogP contribution is -2.35. The van der Waals surface area contributed by atoms with E-state index in [0.717, 1.165) is 0 Å². The van der Waals surface area contributed by atoms with Crippen LogP contribution in [0.25, 0.3) is 0 Å². The summed E-state index contributed by atoms with van der Waals surface area (Å²) in [6.07, 6.45) is 0. The van der Waals surface area contributed by atoms with Crippen molar-refractivity contribution in [1.29, 1.82) is 0 Å². The molecule has 3 rings (SSSR count). The van der Waals surface area contributed by atoms with Gasteiger partial charge in [0.2, 0.25) is 0 Å². The summed E-state index contributed by atoms with van der Waals surface area (Å²) < 4.78 is 5.49. The highest BCUT2D eigenvalue weighted by Crippen LogP contribution is 2.19. The number of amides is 2. The SMILES string of the molecule is CCOc1ccccc1C(=O)NC(=S)Nc1ccccc1C(=O)Nc1ccccc1. The molecule has 3 N–H and O–H groups in total. The second-order valence-corrected chi connectivity index (χ2v) is 6.61. The summed E-state index contributed by atoms with van der Waals surface area (Å²) in [5, 5.41) is 8.47. The molecule has 0 fully saturated rings. The summed E-state index contributed by atoms with van der Waals surface area (Å²) in [4.78, 5) is 25.3. The minimum atomic E-state index is -0.400. The van der Waals surface area contributed by atoms with Gasteiger partial charge >= 0.3 is 0 Å². The maximum atomic E-state index is 12.7. The van der Waals surface area contributed by atoms with Gasteiger partial charge in [0.25, 0.3) is 11.8 Å². The van der Waals surface area contributed by atoms with E-state index in [1.807, 2.05) is 25.1 Å². The first-order valence-electron chi connectivity index (χ1n) is 9.38. The second kappa shape index (κ2) is 10.2. The van der Waals surface area contributed by atoms with Gasteiger partial charge in [0.05, 0.1) is 23.4 Å². The van der Waals surface area contributed by atoms with Crippen LogP contribution in [0.15, 0.2) is 78.9 Å². The van der Waals surface area contributed by atoms with Crippen molar-refractivity contribution in [2.75, 3.05) is 17.2 Å². The Bertz CT molecular complexity index is 1050. The first kappa shape index (κ1) is 21.0. The number of thiocarbonyl (C=S) groups is 1. The maximum Gasteiger partial charge on any atom is 0.261 e. The van der Waals surface area contributed by atoms with Crippen LogP contribution in [0.4, 0.5) is 11.4 Å². The Labute approximate surface area is 180 Å². The van der Waals surface area contributed by atoms with E-state index in [0.29, 0.717) is 34.9 Å². The van der Waals surface area contributed by atoms with Gasteiger partial charge in [0.1, 0.15) is 5.75 Å². The summed E-state index contributed by atoms with van der Waals surface area (Å²) in [6.45, 7) is 2.29. The molecule has 7 heteroatoms. The number of ether oxygens (including phenoxy) is 1. The zero-order valence-electron chi connectivity index (χ0n) is 16.3. The third-order valence-corrected chi connectivity index (χ3v) is 4.31. The first-order valence-corrected chi connectivity index (χ1v) is 9.79. The lowest BCUT2D eigenvalue weighted by molar-refractivity contribution is 0.0973. The van der Waals surface area contributed by atoms with Crippen molar-refractivity contribution in [2.45, 2.75) is 6.92 Å². The summed E-state index contributed by atoms with van der Waals surface area (Å²) in [7, 11) is 0. The number of para-hydroxylation sites is 3. The normalized spacial score (nSPS) is 10.0. The smallest absolute Gasteiger partial charge is 0.261 e. The van der Waals surface area contributed by atoms with Crippen LogP contribution in [-0.2, 0) is 0 Å². The molecular formula is C23H21N3O3S. The van der Waals surface area contributed by atoms with E-state index in [2.05, 4.69) is 16.0 Å². The molecule has 3 aromatic carbocycles. The van der Waals surface area contributed by atoms with Crippen molar-refractivity contribution in [3.05, 3.63) is 90.0 Å². The van der Waals surface area contributed by atoms with Gasteiger partial charge in [-0.3, -0.25) is 14.9 Å². The molecule has 0 radical (unpaired) electrons. The van der Waals surface area contributed by atoms with E-state index < -0.39 is 5.91 Å². The standard InChI is InChI=1S/C23H21N3O3S/c1-2-29-20-15-9-7-13-18(20)22(28)26-23(30)25-19-14-8-6-12-17(19)21(27)24-16-10-4-3-5-11-16/h3-15H,2H2,1H3,(H,24,27)(H2,25,26,28,30). The van der Waals surface area contributed by atoms with Crippen LogP contribution in [0.2, 0.25) is 0 Å². The molecule has 0 saturated carbocycles. The molecule has 0 aliphatic carbocycles. The van der Waals surface area contributed by atoms with Crippen molar-refractivity contribution in [2.24, 2.45) is 0 Å². The van der Waals surface area contributed by atoms with Crippen molar-refractivity contribution in [3.8, 4) is 5.75 Å². The molecule has 0 saturated heterocycles. The average Bonchev–Trinajstić information content (AvgIpc) is 2.75. The quantitative estimate of drug-likeness (QED) is 0.514.